The van der Waals surface area contributed by atoms with Crippen molar-refractivity contribution in [3.8, 4) is 0 Å². The van der Waals surface area contributed by atoms with Gasteiger partial charge in [-0.3, -0.25) is 5.01 Å². The van der Waals surface area contributed by atoms with Gasteiger partial charge in [0.25, 0.3) is 0 Å². The Hall–Kier alpha value is -3.24. The minimum Gasteiger partial charge on any atom is -0.505 e. The van der Waals surface area contributed by atoms with Crippen LogP contribution in [0.3, 0.4) is 0 Å². The molecular formula is C26H29N3O. The summed E-state index contributed by atoms with van der Waals surface area (Å²) in [5, 5.41) is 15.4. The van der Waals surface area contributed by atoms with Gasteiger partial charge in [-0.05, 0) is 30.9 Å². The first kappa shape index (κ1) is 20.0. The summed E-state index contributed by atoms with van der Waals surface area (Å²) in [5.74, 6) is 0.157. The van der Waals surface area contributed by atoms with Crippen LogP contribution in [0.5, 0.6) is 0 Å². The van der Waals surface area contributed by atoms with E-state index in [1.54, 1.807) is 6.08 Å². The zero-order valence-electron chi connectivity index (χ0n) is 17.6. The minimum absolute atomic E-state index is 0.0368. The van der Waals surface area contributed by atoms with Crippen molar-refractivity contribution in [1.29, 1.82) is 0 Å². The lowest BCUT2D eigenvalue weighted by Crippen LogP contribution is -2.54. The highest BCUT2D eigenvalue weighted by atomic mass is 16.3. The van der Waals surface area contributed by atoms with Crippen LogP contribution in [-0.4, -0.2) is 33.2 Å². The molecule has 154 valence electrons. The normalized spacial score (nSPS) is 20.7. The summed E-state index contributed by atoms with van der Waals surface area (Å²) in [5.41, 5.74) is 5.45. The molecule has 0 radical (unpaired) electrons. The molecule has 4 nitrogen and oxygen atoms in total. The van der Waals surface area contributed by atoms with Gasteiger partial charge in [0.15, 0.2) is 0 Å². The fourth-order valence-corrected chi connectivity index (χ4v) is 4.35. The van der Waals surface area contributed by atoms with Crippen molar-refractivity contribution in [3.63, 3.8) is 0 Å². The van der Waals surface area contributed by atoms with Crippen LogP contribution in [0.25, 0.3) is 0 Å². The van der Waals surface area contributed by atoms with E-state index in [9.17, 15) is 5.11 Å². The van der Waals surface area contributed by atoms with Gasteiger partial charge < -0.3 is 10.0 Å². The number of aliphatic hydroxyl groups is 1. The van der Waals surface area contributed by atoms with Gasteiger partial charge in [-0.2, -0.15) is 5.01 Å². The fraction of sp³-hybridized carbons (Fsp3) is 0.231. The Kier molecular flexibility index (Phi) is 5.51. The second kappa shape index (κ2) is 8.25. The van der Waals surface area contributed by atoms with Gasteiger partial charge in [0.05, 0.1) is 18.4 Å². The Morgan fingerprint density at radius 2 is 1.97 bits per heavy atom. The quantitative estimate of drug-likeness (QED) is 0.684. The summed E-state index contributed by atoms with van der Waals surface area (Å²) in [6, 6.07) is 10.6. The monoisotopic (exact) mass is 399 g/mol. The lowest BCUT2D eigenvalue weighted by Gasteiger charge is -2.51. The Morgan fingerprint density at radius 1 is 1.20 bits per heavy atom. The number of benzene rings is 1. The molecule has 0 bridgehead atoms. The largest absolute Gasteiger partial charge is 0.505 e. The van der Waals surface area contributed by atoms with Crippen molar-refractivity contribution in [1.82, 2.24) is 14.9 Å². The van der Waals surface area contributed by atoms with Crippen LogP contribution in [0.15, 0.2) is 114 Å². The third kappa shape index (κ3) is 3.33. The highest BCUT2D eigenvalue weighted by molar-refractivity contribution is 5.55. The van der Waals surface area contributed by atoms with Crippen molar-refractivity contribution in [2.24, 2.45) is 0 Å². The summed E-state index contributed by atoms with van der Waals surface area (Å²) < 4.78 is 0. The molecule has 4 heteroatoms. The predicted molar refractivity (Wildman–Crippen MR) is 123 cm³/mol. The van der Waals surface area contributed by atoms with Crippen LogP contribution in [0.4, 0.5) is 0 Å². The summed E-state index contributed by atoms with van der Waals surface area (Å²) in [6.07, 6.45) is 12.4. The smallest absolute Gasteiger partial charge is 0.150 e. The second-order valence-electron chi connectivity index (χ2n) is 7.71. The zero-order valence-corrected chi connectivity index (χ0v) is 17.6. The van der Waals surface area contributed by atoms with Gasteiger partial charge >= 0.3 is 0 Å². The van der Waals surface area contributed by atoms with Gasteiger partial charge in [-0.15, -0.1) is 0 Å². The van der Waals surface area contributed by atoms with Gasteiger partial charge in [-0.25, -0.2) is 0 Å². The van der Waals surface area contributed by atoms with Gasteiger partial charge in [-0.1, -0.05) is 74.4 Å². The average Bonchev–Trinajstić information content (AvgIpc) is 2.79. The number of allylic oxidation sites excluding steroid dienone is 5. The number of hydrogen-bond donors (Lipinski definition) is 1. The fourth-order valence-electron chi connectivity index (χ4n) is 4.35. The summed E-state index contributed by atoms with van der Waals surface area (Å²) in [6.45, 7) is 15.8. The molecule has 1 unspecified atom stereocenters. The number of nitrogens with zero attached hydrogens (tertiary/aromatic N) is 3. The highest BCUT2D eigenvalue weighted by Crippen LogP contribution is 2.43. The Labute approximate surface area is 179 Å². The molecule has 2 heterocycles. The predicted octanol–water partition coefficient (Wildman–Crippen LogP) is 5.74. The molecule has 0 spiro atoms. The SMILES string of the molecule is C=CC1=CN2C(=C(O)C1=C)C(=C)N(CC)CN2C(C1=CC=CCC1)c1ccccc1. The van der Waals surface area contributed by atoms with Crippen molar-refractivity contribution in [2.75, 3.05) is 13.2 Å². The molecule has 1 fully saturated rings. The summed E-state index contributed by atoms with van der Waals surface area (Å²) in [4.78, 5) is 2.19. The maximum absolute atomic E-state index is 11.0. The van der Waals surface area contributed by atoms with E-state index in [4.69, 9.17) is 0 Å². The molecule has 4 rings (SSSR count). The lowest BCUT2D eigenvalue weighted by molar-refractivity contribution is -0.0510. The molecule has 1 aromatic rings. The zero-order chi connectivity index (χ0) is 21.3. The van der Waals surface area contributed by atoms with Crippen molar-refractivity contribution < 1.29 is 5.11 Å². The molecule has 3 aliphatic rings. The van der Waals surface area contributed by atoms with Crippen molar-refractivity contribution in [2.45, 2.75) is 25.8 Å². The van der Waals surface area contributed by atoms with E-state index in [2.05, 4.69) is 79.1 Å². The van der Waals surface area contributed by atoms with Crippen LogP contribution < -0.4 is 0 Å². The van der Waals surface area contributed by atoms with Gasteiger partial charge in [0.1, 0.15) is 11.5 Å². The molecule has 1 N–H and O–H groups in total. The van der Waals surface area contributed by atoms with Crippen LogP contribution in [0, 0.1) is 0 Å². The van der Waals surface area contributed by atoms with Gasteiger partial charge in [0.2, 0.25) is 0 Å². The average molecular weight is 400 g/mol. The maximum Gasteiger partial charge on any atom is 0.150 e. The van der Waals surface area contributed by atoms with Crippen LogP contribution in [-0.2, 0) is 0 Å². The number of rotatable bonds is 5. The summed E-state index contributed by atoms with van der Waals surface area (Å²) >= 11 is 0. The van der Waals surface area contributed by atoms with Gasteiger partial charge in [0, 0.05) is 23.9 Å². The number of hydrazine groups is 1. The number of likely N-dealkylation sites (N-methyl/N-ethyl adjacent to an activating group) is 1. The van der Waals surface area contributed by atoms with E-state index in [0.29, 0.717) is 17.9 Å². The Bertz CT molecular complexity index is 996. The third-order valence-corrected chi connectivity index (χ3v) is 6.01. The Morgan fingerprint density at radius 3 is 2.60 bits per heavy atom. The highest BCUT2D eigenvalue weighted by Gasteiger charge is 2.40. The number of aliphatic hydroxyl groups excluding tert-OH is 1. The van der Waals surface area contributed by atoms with E-state index in [0.717, 1.165) is 30.7 Å². The topological polar surface area (TPSA) is 30.0 Å². The lowest BCUT2D eigenvalue weighted by atomic mass is 9.91. The molecule has 1 atom stereocenters. The first-order valence-corrected chi connectivity index (χ1v) is 10.4. The van der Waals surface area contributed by atoms with E-state index >= 15 is 0 Å². The van der Waals surface area contributed by atoms with Crippen molar-refractivity contribution >= 4 is 0 Å². The van der Waals surface area contributed by atoms with E-state index in [1.807, 2.05) is 17.3 Å². The maximum atomic E-state index is 11.0. The van der Waals surface area contributed by atoms with Crippen LogP contribution in [0.2, 0.25) is 0 Å². The summed E-state index contributed by atoms with van der Waals surface area (Å²) in [7, 11) is 0. The molecular weight excluding hydrogens is 370 g/mol. The minimum atomic E-state index is 0.0368. The molecule has 1 aliphatic carbocycles. The first-order chi connectivity index (χ1) is 14.6. The first-order valence-electron chi connectivity index (χ1n) is 10.4. The molecule has 1 saturated heterocycles. The molecule has 0 saturated carbocycles. The molecule has 30 heavy (non-hydrogen) atoms. The molecule has 2 aliphatic heterocycles. The van der Waals surface area contributed by atoms with E-state index in [1.165, 1.54) is 11.1 Å². The second-order valence-corrected chi connectivity index (χ2v) is 7.71. The Balaban J connectivity index is 1.88. The number of fused-ring (bicyclic) bond motifs is 1. The van der Waals surface area contributed by atoms with Crippen molar-refractivity contribution in [3.05, 3.63) is 120 Å². The van der Waals surface area contributed by atoms with Crippen LogP contribution >= 0.6 is 0 Å². The molecule has 0 amide bonds. The molecule has 0 aromatic heterocycles. The number of hydrogen-bond acceptors (Lipinski definition) is 4. The van der Waals surface area contributed by atoms with E-state index < -0.39 is 0 Å². The molecule has 1 aromatic carbocycles. The van der Waals surface area contributed by atoms with E-state index in [-0.39, 0.29) is 11.8 Å². The van der Waals surface area contributed by atoms with Crippen LogP contribution in [0.1, 0.15) is 31.4 Å². The standard InChI is InChI=1S/C26H29N3O/c1-5-21-17-28-24(26(30)19(21)3)20(4)27(6-2)18-29(28)25(22-13-9-7-10-14-22)23-15-11-8-12-16-23/h5,7-11,13-15,17,25,30H,1,3-4,6,12,16,18H2,2H3. The third-order valence-electron chi connectivity index (χ3n) is 6.01.